The number of hydrogen-bond donors (Lipinski definition) is 1. The van der Waals surface area contributed by atoms with Crippen molar-refractivity contribution in [3.63, 3.8) is 0 Å². The lowest BCUT2D eigenvalue weighted by Gasteiger charge is -2.10. The molecule has 3 rings (SSSR count). The van der Waals surface area contributed by atoms with Crippen LogP contribution in [0.25, 0.3) is 11.3 Å². The van der Waals surface area contributed by atoms with Crippen molar-refractivity contribution < 1.29 is 4.74 Å². The van der Waals surface area contributed by atoms with Gasteiger partial charge in [0.25, 0.3) is 0 Å². The number of benzene rings is 2. The number of nitrogens with one attached hydrogen (secondary N) is 1. The first-order chi connectivity index (χ1) is 12.6. The highest BCUT2D eigenvalue weighted by molar-refractivity contribution is 5.99. The van der Waals surface area contributed by atoms with E-state index in [1.54, 1.807) is 7.11 Å². The Bertz CT molecular complexity index is 933. The van der Waals surface area contributed by atoms with Gasteiger partial charge >= 0.3 is 0 Å². The Morgan fingerprint density at radius 1 is 1.00 bits per heavy atom. The minimum Gasteiger partial charge on any atom is -0.496 e. The third-order valence-electron chi connectivity index (χ3n) is 4.03. The van der Waals surface area contributed by atoms with Crippen LogP contribution < -0.4 is 10.2 Å². The second-order valence-electron chi connectivity index (χ2n) is 6.06. The van der Waals surface area contributed by atoms with Crippen molar-refractivity contribution in [1.29, 1.82) is 0 Å². The summed E-state index contributed by atoms with van der Waals surface area (Å²) < 4.78 is 5.44. The SMILES string of the molecule is COc1ccccc1-c1cc(N/N=C(/C)c2ccc(C)cc2)nc(C)n1. The van der Waals surface area contributed by atoms with Crippen LogP contribution in [-0.4, -0.2) is 22.8 Å². The minimum absolute atomic E-state index is 0.643. The highest BCUT2D eigenvalue weighted by Gasteiger charge is 2.09. The summed E-state index contributed by atoms with van der Waals surface area (Å²) in [5.74, 6) is 2.08. The maximum atomic E-state index is 5.44. The van der Waals surface area contributed by atoms with Crippen LogP contribution >= 0.6 is 0 Å². The van der Waals surface area contributed by atoms with Crippen LogP contribution in [0.5, 0.6) is 5.75 Å². The summed E-state index contributed by atoms with van der Waals surface area (Å²) >= 11 is 0. The molecule has 0 unspecified atom stereocenters. The van der Waals surface area contributed by atoms with E-state index in [1.807, 2.05) is 44.2 Å². The molecule has 0 atom stereocenters. The standard InChI is InChI=1S/C21H22N4O/c1-14-9-11-17(12-10-14)15(2)24-25-21-13-19(22-16(3)23-21)18-7-5-6-8-20(18)26-4/h5-13H,1-4H3,(H,22,23,25)/b24-15-. The number of aryl methyl sites for hydroxylation is 2. The van der Waals surface area contributed by atoms with Crippen molar-refractivity contribution in [1.82, 2.24) is 9.97 Å². The number of para-hydroxylation sites is 1. The topological polar surface area (TPSA) is 59.4 Å². The van der Waals surface area contributed by atoms with Gasteiger partial charge in [-0.15, -0.1) is 0 Å². The van der Waals surface area contributed by atoms with E-state index in [9.17, 15) is 0 Å². The van der Waals surface area contributed by atoms with Gasteiger partial charge in [0.05, 0.1) is 18.5 Å². The van der Waals surface area contributed by atoms with Gasteiger partial charge in [0, 0.05) is 11.6 Å². The molecule has 1 aromatic heterocycles. The number of hydrazone groups is 1. The number of hydrogen-bond acceptors (Lipinski definition) is 5. The summed E-state index contributed by atoms with van der Waals surface area (Å²) in [7, 11) is 1.65. The Balaban J connectivity index is 1.88. The zero-order valence-electron chi connectivity index (χ0n) is 15.4. The Morgan fingerprint density at radius 2 is 1.73 bits per heavy atom. The zero-order valence-corrected chi connectivity index (χ0v) is 15.4. The van der Waals surface area contributed by atoms with Crippen molar-refractivity contribution in [2.45, 2.75) is 20.8 Å². The van der Waals surface area contributed by atoms with Gasteiger partial charge in [-0.2, -0.15) is 5.10 Å². The lowest BCUT2D eigenvalue weighted by Crippen LogP contribution is -2.03. The number of methoxy groups -OCH3 is 1. The van der Waals surface area contributed by atoms with Crippen LogP contribution in [0.4, 0.5) is 5.82 Å². The van der Waals surface area contributed by atoms with Gasteiger partial charge in [0.2, 0.25) is 0 Å². The molecule has 0 aliphatic carbocycles. The molecule has 5 heteroatoms. The van der Waals surface area contributed by atoms with Crippen LogP contribution in [0.2, 0.25) is 0 Å². The highest BCUT2D eigenvalue weighted by Crippen LogP contribution is 2.29. The summed E-state index contributed by atoms with van der Waals surface area (Å²) in [4.78, 5) is 8.95. The van der Waals surface area contributed by atoms with Gasteiger partial charge < -0.3 is 4.74 Å². The Morgan fingerprint density at radius 3 is 2.46 bits per heavy atom. The van der Waals surface area contributed by atoms with Crippen LogP contribution in [-0.2, 0) is 0 Å². The van der Waals surface area contributed by atoms with E-state index in [1.165, 1.54) is 5.56 Å². The molecule has 3 aromatic rings. The summed E-state index contributed by atoms with van der Waals surface area (Å²) in [6.07, 6.45) is 0. The van der Waals surface area contributed by atoms with Gasteiger partial charge in [-0.05, 0) is 38.5 Å². The average Bonchev–Trinajstić information content (AvgIpc) is 2.66. The fourth-order valence-electron chi connectivity index (χ4n) is 2.62. The van der Waals surface area contributed by atoms with Crippen molar-refractivity contribution in [2.75, 3.05) is 12.5 Å². The molecular formula is C21H22N4O. The lowest BCUT2D eigenvalue weighted by atomic mass is 10.1. The predicted octanol–water partition coefficient (Wildman–Crippen LogP) is 4.61. The molecule has 0 fully saturated rings. The number of anilines is 1. The molecule has 1 heterocycles. The maximum Gasteiger partial charge on any atom is 0.150 e. The monoisotopic (exact) mass is 346 g/mol. The van der Waals surface area contributed by atoms with Gasteiger partial charge in [-0.25, -0.2) is 9.97 Å². The van der Waals surface area contributed by atoms with Crippen molar-refractivity contribution in [3.05, 3.63) is 71.5 Å². The molecule has 0 saturated carbocycles. The maximum absolute atomic E-state index is 5.44. The smallest absolute Gasteiger partial charge is 0.150 e. The molecule has 132 valence electrons. The number of ether oxygens (including phenoxy) is 1. The number of aromatic nitrogens is 2. The van der Waals surface area contributed by atoms with Crippen LogP contribution in [0.1, 0.15) is 23.9 Å². The Labute approximate surface area is 153 Å². The van der Waals surface area contributed by atoms with Crippen molar-refractivity contribution in [3.8, 4) is 17.0 Å². The third-order valence-corrected chi connectivity index (χ3v) is 4.03. The number of rotatable bonds is 5. The first kappa shape index (κ1) is 17.6. The summed E-state index contributed by atoms with van der Waals surface area (Å²) in [6.45, 7) is 5.89. The van der Waals surface area contributed by atoms with E-state index >= 15 is 0 Å². The second-order valence-corrected chi connectivity index (χ2v) is 6.06. The number of nitrogens with zero attached hydrogens (tertiary/aromatic N) is 3. The van der Waals surface area contributed by atoms with E-state index in [-0.39, 0.29) is 0 Å². The molecule has 5 nitrogen and oxygen atoms in total. The summed E-state index contributed by atoms with van der Waals surface area (Å²) in [5, 5.41) is 4.46. The van der Waals surface area contributed by atoms with Crippen LogP contribution in [0, 0.1) is 13.8 Å². The molecule has 1 N–H and O–H groups in total. The summed E-state index contributed by atoms with van der Waals surface area (Å²) in [6, 6.07) is 17.9. The minimum atomic E-state index is 0.643. The van der Waals surface area contributed by atoms with Crippen LogP contribution in [0.3, 0.4) is 0 Å². The molecule has 0 saturated heterocycles. The molecule has 0 spiro atoms. The largest absolute Gasteiger partial charge is 0.496 e. The Kier molecular flexibility index (Phi) is 5.27. The molecule has 0 aliphatic heterocycles. The van der Waals surface area contributed by atoms with E-state index in [0.29, 0.717) is 11.6 Å². The Hall–Kier alpha value is -3.21. The molecule has 26 heavy (non-hydrogen) atoms. The van der Waals surface area contributed by atoms with E-state index in [4.69, 9.17) is 4.74 Å². The first-order valence-electron chi connectivity index (χ1n) is 8.43. The van der Waals surface area contributed by atoms with Gasteiger partial charge in [-0.1, -0.05) is 42.0 Å². The fraction of sp³-hybridized carbons (Fsp3) is 0.190. The van der Waals surface area contributed by atoms with E-state index in [0.717, 1.165) is 28.3 Å². The molecule has 0 bridgehead atoms. The molecule has 0 aliphatic rings. The lowest BCUT2D eigenvalue weighted by molar-refractivity contribution is 0.416. The zero-order chi connectivity index (χ0) is 18.5. The quantitative estimate of drug-likeness (QED) is 0.541. The summed E-state index contributed by atoms with van der Waals surface area (Å²) in [5.41, 5.74) is 7.94. The van der Waals surface area contributed by atoms with Gasteiger partial charge in [-0.3, -0.25) is 5.43 Å². The second kappa shape index (κ2) is 7.78. The predicted molar refractivity (Wildman–Crippen MR) is 106 cm³/mol. The first-order valence-corrected chi connectivity index (χ1v) is 8.43. The molecular weight excluding hydrogens is 324 g/mol. The average molecular weight is 346 g/mol. The molecule has 0 amide bonds. The van der Waals surface area contributed by atoms with Crippen molar-refractivity contribution >= 4 is 11.5 Å². The molecule has 0 radical (unpaired) electrons. The van der Waals surface area contributed by atoms with Crippen molar-refractivity contribution in [2.24, 2.45) is 5.10 Å². The van der Waals surface area contributed by atoms with Gasteiger partial charge in [0.1, 0.15) is 11.6 Å². The van der Waals surface area contributed by atoms with E-state index in [2.05, 4.69) is 51.7 Å². The normalized spacial score (nSPS) is 11.3. The third kappa shape index (κ3) is 4.06. The molecule has 2 aromatic carbocycles. The fourth-order valence-corrected chi connectivity index (χ4v) is 2.62. The highest BCUT2D eigenvalue weighted by atomic mass is 16.5. The van der Waals surface area contributed by atoms with Gasteiger partial charge in [0.15, 0.2) is 5.82 Å². The van der Waals surface area contributed by atoms with E-state index < -0.39 is 0 Å². The van der Waals surface area contributed by atoms with Crippen LogP contribution in [0.15, 0.2) is 59.7 Å².